The molecule has 0 saturated heterocycles. The molecule has 0 aliphatic heterocycles. The van der Waals surface area contributed by atoms with Gasteiger partial charge in [0.1, 0.15) is 0 Å². The summed E-state index contributed by atoms with van der Waals surface area (Å²) in [6.45, 7) is 2.22. The van der Waals surface area contributed by atoms with Crippen molar-refractivity contribution in [2.45, 2.75) is 19.3 Å². The predicted molar refractivity (Wildman–Crippen MR) is 51.1 cm³/mol. The summed E-state index contributed by atoms with van der Waals surface area (Å²) in [6, 6.07) is 4.11. The number of alkyl halides is 1. The van der Waals surface area contributed by atoms with E-state index in [4.69, 9.17) is 0 Å². The number of pyridine rings is 1. The van der Waals surface area contributed by atoms with Crippen LogP contribution in [0.25, 0.3) is 0 Å². The lowest BCUT2D eigenvalue weighted by Crippen LogP contribution is -1.93. The second kappa shape index (κ2) is 4.50. The molecule has 0 bridgehead atoms. The number of rotatable bonds is 3. The summed E-state index contributed by atoms with van der Waals surface area (Å²) in [5.41, 5.74) is 1.33. The number of nitrogens with zero attached hydrogens (tertiary/aromatic N) is 1. The molecule has 0 aliphatic rings. The summed E-state index contributed by atoms with van der Waals surface area (Å²) in [5, 5.41) is 1.06. The fraction of sp³-hybridized carbons (Fsp3) is 0.444. The predicted octanol–water partition coefficient (Wildman–Crippen LogP) is 2.97. The largest absolute Gasteiger partial charge is 0.264 e. The molecule has 1 heterocycles. The maximum Gasteiger partial charge on any atom is 0.0302 e. The maximum atomic E-state index is 4.07. The molecule has 1 unspecified atom stereocenters. The van der Waals surface area contributed by atoms with Crippen molar-refractivity contribution < 1.29 is 0 Å². The standard InChI is InChI=1S/C9H12BrN/c1-8(4-5-10)9-3-2-6-11-7-9/h2-3,6-8H,4-5H2,1H3. The average Bonchev–Trinajstić information content (AvgIpc) is 2.07. The van der Waals surface area contributed by atoms with Crippen LogP contribution in [-0.4, -0.2) is 10.3 Å². The van der Waals surface area contributed by atoms with Crippen molar-refractivity contribution in [3.8, 4) is 0 Å². The second-order valence-corrected chi connectivity index (χ2v) is 3.46. The molecule has 0 N–H and O–H groups in total. The first-order valence-electron chi connectivity index (χ1n) is 3.80. The van der Waals surface area contributed by atoms with Crippen molar-refractivity contribution in [3.63, 3.8) is 0 Å². The molecule has 60 valence electrons. The summed E-state index contributed by atoms with van der Waals surface area (Å²) in [4.78, 5) is 4.07. The lowest BCUT2D eigenvalue weighted by Gasteiger charge is -2.07. The Labute approximate surface area is 76.0 Å². The van der Waals surface area contributed by atoms with Crippen molar-refractivity contribution >= 4 is 15.9 Å². The van der Waals surface area contributed by atoms with Gasteiger partial charge in [0.2, 0.25) is 0 Å². The van der Waals surface area contributed by atoms with Crippen molar-refractivity contribution in [2.24, 2.45) is 0 Å². The third-order valence-corrected chi connectivity index (χ3v) is 2.25. The zero-order valence-electron chi connectivity index (χ0n) is 6.63. The molecule has 0 amide bonds. The highest BCUT2D eigenvalue weighted by molar-refractivity contribution is 9.09. The molecule has 1 aromatic rings. The number of hydrogen-bond acceptors (Lipinski definition) is 1. The van der Waals surface area contributed by atoms with Crippen LogP contribution in [0, 0.1) is 0 Å². The minimum Gasteiger partial charge on any atom is -0.264 e. The van der Waals surface area contributed by atoms with Crippen LogP contribution >= 0.6 is 15.9 Å². The first kappa shape index (κ1) is 8.72. The molecule has 2 heteroatoms. The van der Waals surface area contributed by atoms with E-state index >= 15 is 0 Å². The van der Waals surface area contributed by atoms with Gasteiger partial charge in [0, 0.05) is 17.7 Å². The normalized spacial score (nSPS) is 12.9. The Kier molecular flexibility index (Phi) is 3.57. The first-order valence-corrected chi connectivity index (χ1v) is 4.92. The second-order valence-electron chi connectivity index (χ2n) is 2.67. The Morgan fingerprint density at radius 1 is 1.64 bits per heavy atom. The van der Waals surface area contributed by atoms with E-state index in [-0.39, 0.29) is 0 Å². The van der Waals surface area contributed by atoms with Crippen molar-refractivity contribution in [1.82, 2.24) is 4.98 Å². The van der Waals surface area contributed by atoms with Crippen LogP contribution in [0.2, 0.25) is 0 Å². The van der Waals surface area contributed by atoms with Crippen LogP contribution in [0.5, 0.6) is 0 Å². The zero-order chi connectivity index (χ0) is 8.10. The van der Waals surface area contributed by atoms with E-state index in [2.05, 4.69) is 33.9 Å². The van der Waals surface area contributed by atoms with E-state index in [0.717, 1.165) is 5.33 Å². The first-order chi connectivity index (χ1) is 5.34. The lowest BCUT2D eigenvalue weighted by atomic mass is 10.0. The van der Waals surface area contributed by atoms with Crippen molar-refractivity contribution in [2.75, 3.05) is 5.33 Å². The summed E-state index contributed by atoms with van der Waals surface area (Å²) in [5.74, 6) is 0.614. The van der Waals surface area contributed by atoms with Crippen molar-refractivity contribution in [1.29, 1.82) is 0 Å². The van der Waals surface area contributed by atoms with Gasteiger partial charge in [-0.25, -0.2) is 0 Å². The van der Waals surface area contributed by atoms with Crippen molar-refractivity contribution in [3.05, 3.63) is 30.1 Å². The van der Waals surface area contributed by atoms with Gasteiger partial charge in [0.15, 0.2) is 0 Å². The van der Waals surface area contributed by atoms with Gasteiger partial charge in [-0.2, -0.15) is 0 Å². The van der Waals surface area contributed by atoms with Gasteiger partial charge >= 0.3 is 0 Å². The molecule has 0 saturated carbocycles. The molecule has 1 rings (SSSR count). The van der Waals surface area contributed by atoms with E-state index < -0.39 is 0 Å². The van der Waals surface area contributed by atoms with Crippen LogP contribution in [0.4, 0.5) is 0 Å². The Hall–Kier alpha value is -0.370. The summed E-state index contributed by atoms with van der Waals surface area (Å²) >= 11 is 3.43. The molecule has 0 fully saturated rings. The number of halogens is 1. The smallest absolute Gasteiger partial charge is 0.0302 e. The van der Waals surface area contributed by atoms with E-state index in [1.807, 2.05) is 18.5 Å². The minimum atomic E-state index is 0.614. The van der Waals surface area contributed by atoms with Crippen LogP contribution in [-0.2, 0) is 0 Å². The molecule has 1 atom stereocenters. The number of aromatic nitrogens is 1. The van der Waals surface area contributed by atoms with Gasteiger partial charge in [-0.15, -0.1) is 0 Å². The van der Waals surface area contributed by atoms with E-state index in [9.17, 15) is 0 Å². The highest BCUT2D eigenvalue weighted by Gasteiger charge is 2.02. The third kappa shape index (κ3) is 2.62. The van der Waals surface area contributed by atoms with Gasteiger partial charge in [-0.05, 0) is 24.0 Å². The highest BCUT2D eigenvalue weighted by Crippen LogP contribution is 2.17. The SMILES string of the molecule is CC(CCBr)c1cccnc1. The number of hydrogen-bond donors (Lipinski definition) is 0. The topological polar surface area (TPSA) is 12.9 Å². The molecule has 1 nitrogen and oxygen atoms in total. The van der Waals surface area contributed by atoms with Gasteiger partial charge in [0.25, 0.3) is 0 Å². The zero-order valence-corrected chi connectivity index (χ0v) is 8.21. The van der Waals surface area contributed by atoms with Gasteiger partial charge < -0.3 is 0 Å². The molecule has 0 aromatic carbocycles. The summed E-state index contributed by atoms with van der Waals surface area (Å²) in [6.07, 6.45) is 4.92. The molecule has 0 aliphatic carbocycles. The lowest BCUT2D eigenvalue weighted by molar-refractivity contribution is 0.740. The minimum absolute atomic E-state index is 0.614. The molecular formula is C9H12BrN. The van der Waals surface area contributed by atoms with Crippen LogP contribution in [0.3, 0.4) is 0 Å². The fourth-order valence-electron chi connectivity index (χ4n) is 0.998. The quantitative estimate of drug-likeness (QED) is 0.705. The van der Waals surface area contributed by atoms with Gasteiger partial charge in [-0.3, -0.25) is 4.98 Å². The Morgan fingerprint density at radius 2 is 2.45 bits per heavy atom. The molecular weight excluding hydrogens is 202 g/mol. The van der Waals surface area contributed by atoms with E-state index in [0.29, 0.717) is 5.92 Å². The van der Waals surface area contributed by atoms with Crippen LogP contribution in [0.1, 0.15) is 24.8 Å². The maximum absolute atomic E-state index is 4.07. The van der Waals surface area contributed by atoms with Gasteiger partial charge in [0.05, 0.1) is 0 Å². The average molecular weight is 214 g/mol. The van der Waals surface area contributed by atoms with Gasteiger partial charge in [-0.1, -0.05) is 28.9 Å². The van der Waals surface area contributed by atoms with Crippen LogP contribution in [0.15, 0.2) is 24.5 Å². The molecule has 1 aromatic heterocycles. The molecule has 0 radical (unpaired) electrons. The van der Waals surface area contributed by atoms with E-state index in [1.54, 1.807) is 0 Å². The molecule has 0 spiro atoms. The fourth-order valence-corrected chi connectivity index (χ4v) is 1.68. The monoisotopic (exact) mass is 213 g/mol. The summed E-state index contributed by atoms with van der Waals surface area (Å²) < 4.78 is 0. The van der Waals surface area contributed by atoms with E-state index in [1.165, 1.54) is 12.0 Å². The van der Waals surface area contributed by atoms with Crippen LogP contribution < -0.4 is 0 Å². The Balaban J connectivity index is 2.61. The Morgan fingerprint density at radius 3 is 3.00 bits per heavy atom. The third-order valence-electron chi connectivity index (χ3n) is 1.80. The highest BCUT2D eigenvalue weighted by atomic mass is 79.9. The Bertz CT molecular complexity index is 198. The summed E-state index contributed by atoms with van der Waals surface area (Å²) in [7, 11) is 0. The molecule has 11 heavy (non-hydrogen) atoms.